The second-order valence-corrected chi connectivity index (χ2v) is 8.72. The summed E-state index contributed by atoms with van der Waals surface area (Å²) in [4.78, 5) is 52.2. The Morgan fingerprint density at radius 2 is 1.79 bits per heavy atom. The van der Waals surface area contributed by atoms with Crippen molar-refractivity contribution in [2.45, 2.75) is 24.0 Å². The standard InChI is InChI=1S/C22H22N2O9/c1-24(2)15-9-6-8-11(21(31)32)7-4-3-5-10(25)12(7)16(26)13(8)18(28)22(9,33)19(29)14(17(15)27)20(23)30/h3-5,8-9,11,15,25-26,29,33H,6H2,1-2H3,(H2,23,30)(H,31,32)/t8-,9+,11-,15+,22+/m1/s1. The van der Waals surface area contributed by atoms with Gasteiger partial charge in [0.25, 0.3) is 5.91 Å². The highest BCUT2D eigenvalue weighted by Crippen LogP contribution is 2.56. The summed E-state index contributed by atoms with van der Waals surface area (Å²) in [6.45, 7) is 0. The number of carboxylic acids is 1. The number of ketones is 2. The van der Waals surface area contributed by atoms with Gasteiger partial charge in [0, 0.05) is 17.4 Å². The van der Waals surface area contributed by atoms with E-state index in [2.05, 4.69) is 0 Å². The molecule has 0 bridgehead atoms. The predicted molar refractivity (Wildman–Crippen MR) is 111 cm³/mol. The molecule has 1 fully saturated rings. The Morgan fingerprint density at radius 3 is 2.33 bits per heavy atom. The molecule has 3 aliphatic carbocycles. The molecule has 1 saturated carbocycles. The fraction of sp³-hybridized carbons (Fsp3) is 0.364. The first-order valence-electron chi connectivity index (χ1n) is 10.0. The van der Waals surface area contributed by atoms with Crippen LogP contribution in [0, 0.1) is 11.8 Å². The number of rotatable bonds is 3. The summed E-state index contributed by atoms with van der Waals surface area (Å²) in [5, 5.41) is 53.4. The number of Topliss-reactive ketones (excluding diaryl/α,β-unsaturated/α-hetero) is 2. The van der Waals surface area contributed by atoms with Crippen LogP contribution in [0.5, 0.6) is 5.75 Å². The van der Waals surface area contributed by atoms with Crippen LogP contribution in [0.3, 0.4) is 0 Å². The van der Waals surface area contributed by atoms with E-state index < -0.39 is 81.3 Å². The molecule has 1 amide bonds. The molecule has 1 aromatic carbocycles. The van der Waals surface area contributed by atoms with E-state index >= 15 is 0 Å². The van der Waals surface area contributed by atoms with Crippen molar-refractivity contribution < 1.29 is 44.7 Å². The Balaban J connectivity index is 2.05. The number of phenolic OH excluding ortho intramolecular Hbond substituents is 1. The molecule has 11 heteroatoms. The van der Waals surface area contributed by atoms with E-state index in [1.165, 1.54) is 37.2 Å². The molecule has 4 rings (SSSR count). The highest BCUT2D eigenvalue weighted by molar-refractivity contribution is 6.24. The van der Waals surface area contributed by atoms with E-state index in [1.807, 2.05) is 0 Å². The van der Waals surface area contributed by atoms with Crippen LogP contribution in [0.4, 0.5) is 0 Å². The quantitative estimate of drug-likeness (QED) is 0.324. The lowest BCUT2D eigenvalue weighted by Gasteiger charge is -2.51. The molecule has 5 atom stereocenters. The molecular formula is C22H22N2O9. The van der Waals surface area contributed by atoms with Crippen LogP contribution in [0.15, 0.2) is 35.1 Å². The van der Waals surface area contributed by atoms with Crippen LogP contribution in [-0.4, -0.2) is 79.6 Å². The number of benzene rings is 1. The van der Waals surface area contributed by atoms with Gasteiger partial charge < -0.3 is 31.3 Å². The number of phenols is 1. The molecule has 0 saturated heterocycles. The van der Waals surface area contributed by atoms with Crippen LogP contribution in [-0.2, 0) is 19.2 Å². The van der Waals surface area contributed by atoms with E-state index in [0.29, 0.717) is 0 Å². The Bertz CT molecular complexity index is 1200. The van der Waals surface area contributed by atoms with Gasteiger partial charge in [-0.3, -0.25) is 24.1 Å². The average Bonchev–Trinajstić information content (AvgIpc) is 2.70. The fourth-order valence-electron chi connectivity index (χ4n) is 5.53. The average molecular weight is 458 g/mol. The van der Waals surface area contributed by atoms with Crippen molar-refractivity contribution in [3.63, 3.8) is 0 Å². The number of aromatic hydroxyl groups is 1. The molecule has 1 aromatic rings. The van der Waals surface area contributed by atoms with Crippen LogP contribution >= 0.6 is 0 Å². The zero-order valence-electron chi connectivity index (χ0n) is 17.6. The van der Waals surface area contributed by atoms with Gasteiger partial charge in [-0.25, -0.2) is 0 Å². The number of aliphatic hydroxyl groups excluding tert-OH is 2. The van der Waals surface area contributed by atoms with E-state index in [9.17, 15) is 44.7 Å². The lowest BCUT2D eigenvalue weighted by atomic mass is 9.55. The lowest BCUT2D eigenvalue weighted by Crippen LogP contribution is -2.66. The van der Waals surface area contributed by atoms with Gasteiger partial charge in [-0.15, -0.1) is 0 Å². The van der Waals surface area contributed by atoms with Gasteiger partial charge in [-0.2, -0.15) is 0 Å². The number of nitrogens with two attached hydrogens (primary N) is 1. The summed E-state index contributed by atoms with van der Waals surface area (Å²) >= 11 is 0. The summed E-state index contributed by atoms with van der Waals surface area (Å²) in [5.74, 6) is -11.3. The number of aliphatic carboxylic acids is 1. The van der Waals surface area contributed by atoms with Gasteiger partial charge in [0.2, 0.25) is 5.78 Å². The third-order valence-electron chi connectivity index (χ3n) is 6.87. The molecule has 0 aromatic heterocycles. The highest BCUT2D eigenvalue weighted by atomic mass is 16.4. The summed E-state index contributed by atoms with van der Waals surface area (Å²) in [5.41, 5.74) is 0.762. The van der Waals surface area contributed by atoms with Crippen molar-refractivity contribution >= 4 is 29.2 Å². The van der Waals surface area contributed by atoms with E-state index in [0.717, 1.165) is 0 Å². The molecule has 7 N–H and O–H groups in total. The van der Waals surface area contributed by atoms with E-state index in [-0.39, 0.29) is 17.5 Å². The molecule has 174 valence electrons. The molecule has 0 heterocycles. The van der Waals surface area contributed by atoms with Crippen molar-refractivity contribution in [3.05, 3.63) is 46.2 Å². The van der Waals surface area contributed by atoms with Gasteiger partial charge in [0.05, 0.1) is 17.5 Å². The zero-order valence-corrected chi connectivity index (χ0v) is 17.6. The minimum atomic E-state index is -2.82. The number of primary amides is 1. The summed E-state index contributed by atoms with van der Waals surface area (Å²) < 4.78 is 0. The minimum Gasteiger partial charge on any atom is -0.508 e. The van der Waals surface area contributed by atoms with Crippen molar-refractivity contribution in [1.82, 2.24) is 4.90 Å². The maximum atomic E-state index is 13.7. The van der Waals surface area contributed by atoms with Crippen molar-refractivity contribution in [1.29, 1.82) is 0 Å². The Morgan fingerprint density at radius 1 is 1.15 bits per heavy atom. The fourth-order valence-corrected chi connectivity index (χ4v) is 5.53. The number of carbonyl (C=O) groups is 4. The number of hydrogen-bond donors (Lipinski definition) is 6. The third kappa shape index (κ3) is 2.75. The molecular weight excluding hydrogens is 436 g/mol. The number of amides is 1. The Kier molecular flexibility index (Phi) is 4.88. The molecule has 0 radical (unpaired) electrons. The highest BCUT2D eigenvalue weighted by Gasteiger charge is 2.65. The number of carbonyl (C=O) groups excluding carboxylic acids is 3. The summed E-state index contributed by atoms with van der Waals surface area (Å²) in [6, 6.07) is 2.69. The first kappa shape index (κ1) is 22.5. The second-order valence-electron chi connectivity index (χ2n) is 8.72. The van der Waals surface area contributed by atoms with Crippen LogP contribution in [0.25, 0.3) is 5.76 Å². The molecule has 33 heavy (non-hydrogen) atoms. The molecule has 3 aliphatic rings. The molecule has 0 aliphatic heterocycles. The van der Waals surface area contributed by atoms with Crippen molar-refractivity contribution in [3.8, 4) is 5.75 Å². The SMILES string of the molecule is CN(C)[C@@H]1C(=O)C(C(N)=O)=C(O)[C@@]2(O)C(=O)C3=C(O)c4c(O)cccc4[C@@H](C(=O)O)[C@H]3C[C@@H]12. The number of aliphatic hydroxyl groups is 3. The summed E-state index contributed by atoms with van der Waals surface area (Å²) in [6.07, 6.45) is -0.307. The number of fused-ring (bicyclic) bond motifs is 3. The number of nitrogens with zero attached hydrogens (tertiary/aromatic N) is 1. The first-order valence-corrected chi connectivity index (χ1v) is 10.0. The van der Waals surface area contributed by atoms with Crippen LogP contribution in [0.2, 0.25) is 0 Å². The lowest BCUT2D eigenvalue weighted by molar-refractivity contribution is -0.155. The Hall–Kier alpha value is -3.70. The largest absolute Gasteiger partial charge is 0.508 e. The van der Waals surface area contributed by atoms with E-state index in [1.54, 1.807) is 0 Å². The second kappa shape index (κ2) is 7.15. The van der Waals surface area contributed by atoms with Gasteiger partial charge in [-0.1, -0.05) is 12.1 Å². The third-order valence-corrected chi connectivity index (χ3v) is 6.87. The minimum absolute atomic E-state index is 0.0631. The topological polar surface area (TPSA) is 199 Å². The maximum absolute atomic E-state index is 13.7. The molecule has 0 unspecified atom stereocenters. The number of likely N-dealkylation sites (N-methyl/N-ethyl adjacent to an activating group) is 1. The van der Waals surface area contributed by atoms with E-state index in [4.69, 9.17) is 5.73 Å². The number of hydrogen-bond acceptors (Lipinski definition) is 9. The monoisotopic (exact) mass is 458 g/mol. The van der Waals surface area contributed by atoms with Crippen molar-refractivity contribution in [2.75, 3.05) is 14.1 Å². The Labute approximate surface area is 187 Å². The normalized spacial score (nSPS) is 31.3. The zero-order chi connectivity index (χ0) is 24.6. The predicted octanol–water partition coefficient (Wildman–Crippen LogP) is -0.410. The molecule has 0 spiro atoms. The van der Waals surface area contributed by atoms with Crippen LogP contribution < -0.4 is 5.73 Å². The van der Waals surface area contributed by atoms with Gasteiger partial charge in [-0.05, 0) is 32.1 Å². The van der Waals surface area contributed by atoms with Gasteiger partial charge >= 0.3 is 5.97 Å². The van der Waals surface area contributed by atoms with Gasteiger partial charge in [0.15, 0.2) is 11.4 Å². The number of carboxylic acid groups (broad SMARTS) is 1. The van der Waals surface area contributed by atoms with Crippen LogP contribution in [0.1, 0.15) is 23.5 Å². The van der Waals surface area contributed by atoms with Gasteiger partial charge in [0.1, 0.15) is 22.8 Å². The molecule has 11 nitrogen and oxygen atoms in total. The summed E-state index contributed by atoms with van der Waals surface area (Å²) in [7, 11) is 2.92. The first-order chi connectivity index (χ1) is 15.3. The smallest absolute Gasteiger partial charge is 0.311 e. The van der Waals surface area contributed by atoms with Crippen molar-refractivity contribution in [2.24, 2.45) is 17.6 Å². The maximum Gasteiger partial charge on any atom is 0.311 e.